The van der Waals surface area contributed by atoms with Crippen molar-refractivity contribution in [2.45, 2.75) is 40.2 Å². The number of carbonyl (C=O) groups excluding carboxylic acids is 2. The molecule has 0 aliphatic carbocycles. The molecule has 2 aliphatic heterocycles. The van der Waals surface area contributed by atoms with E-state index in [1.807, 2.05) is 28.0 Å². The highest BCUT2D eigenvalue weighted by Crippen LogP contribution is 2.36. The zero-order valence-corrected chi connectivity index (χ0v) is 15.8. The Morgan fingerprint density at radius 2 is 1.72 bits per heavy atom. The van der Waals surface area contributed by atoms with Crippen LogP contribution in [-0.2, 0) is 16.0 Å². The van der Waals surface area contributed by atoms with E-state index in [1.165, 1.54) is 5.56 Å². The number of likely N-dealkylation sites (N-methyl/N-ethyl adjacent to an activating group) is 1. The molecule has 1 fully saturated rings. The Hall–Kier alpha value is -1.88. The van der Waals surface area contributed by atoms with Crippen LogP contribution < -0.4 is 4.90 Å². The molecule has 0 radical (unpaired) electrons. The van der Waals surface area contributed by atoms with Gasteiger partial charge in [-0.2, -0.15) is 0 Å². The van der Waals surface area contributed by atoms with Crippen LogP contribution in [0.15, 0.2) is 24.3 Å². The molecule has 1 unspecified atom stereocenters. The Labute approximate surface area is 150 Å². The molecule has 136 valence electrons. The first-order valence-corrected chi connectivity index (χ1v) is 9.29. The van der Waals surface area contributed by atoms with Crippen LogP contribution in [0.1, 0.15) is 33.3 Å². The highest BCUT2D eigenvalue weighted by Gasteiger charge is 2.45. The van der Waals surface area contributed by atoms with Gasteiger partial charge in [-0.25, -0.2) is 0 Å². The maximum atomic E-state index is 13.3. The minimum atomic E-state index is -1.04. The van der Waals surface area contributed by atoms with Gasteiger partial charge in [0, 0.05) is 37.9 Å². The predicted molar refractivity (Wildman–Crippen MR) is 99.6 cm³/mol. The van der Waals surface area contributed by atoms with Crippen LogP contribution in [0.3, 0.4) is 0 Å². The lowest BCUT2D eigenvalue weighted by atomic mass is 9.88. The molecule has 2 heterocycles. The average Bonchev–Trinajstić information content (AvgIpc) is 2.96. The van der Waals surface area contributed by atoms with Crippen LogP contribution >= 0.6 is 0 Å². The number of fused-ring (bicyclic) bond motifs is 1. The maximum Gasteiger partial charge on any atom is 0.242 e. The summed E-state index contributed by atoms with van der Waals surface area (Å²) in [7, 11) is 0. The number of anilines is 1. The molecule has 3 rings (SSSR count). The Kier molecular flexibility index (Phi) is 4.87. The van der Waals surface area contributed by atoms with Crippen LogP contribution in [-0.4, -0.2) is 60.4 Å². The lowest BCUT2D eigenvalue weighted by Gasteiger charge is -2.39. The van der Waals surface area contributed by atoms with Gasteiger partial charge in [0.25, 0.3) is 0 Å². The van der Waals surface area contributed by atoms with Crippen molar-refractivity contribution in [2.24, 2.45) is 5.41 Å². The molecule has 2 amide bonds. The van der Waals surface area contributed by atoms with Gasteiger partial charge in [-0.15, -0.1) is 0 Å². The van der Waals surface area contributed by atoms with E-state index in [4.69, 9.17) is 0 Å². The number of hydrogen-bond donors (Lipinski definition) is 0. The average molecular weight is 343 g/mol. The number of hydrogen-bond acceptors (Lipinski definition) is 3. The van der Waals surface area contributed by atoms with Gasteiger partial charge in [0.2, 0.25) is 11.8 Å². The summed E-state index contributed by atoms with van der Waals surface area (Å²) in [5, 5.41) is 0. The number of carbonyl (C=O) groups is 2. The van der Waals surface area contributed by atoms with Gasteiger partial charge in [0.15, 0.2) is 0 Å². The van der Waals surface area contributed by atoms with Crippen molar-refractivity contribution >= 4 is 17.5 Å². The zero-order chi connectivity index (χ0) is 18.2. The molecule has 1 saturated heterocycles. The molecule has 1 atom stereocenters. The number of benzene rings is 1. The highest BCUT2D eigenvalue weighted by molar-refractivity contribution is 6.12. The molecule has 0 bridgehead atoms. The highest BCUT2D eigenvalue weighted by atomic mass is 16.2. The fraction of sp³-hybridized carbons (Fsp3) is 0.600. The minimum absolute atomic E-state index is 0.0511. The Bertz CT molecular complexity index is 663. The maximum absolute atomic E-state index is 13.3. The summed E-state index contributed by atoms with van der Waals surface area (Å²) in [6.45, 7) is 11.9. The molecule has 0 N–H and O–H groups in total. The molecule has 1 aromatic rings. The molecule has 5 nitrogen and oxygen atoms in total. The van der Waals surface area contributed by atoms with E-state index >= 15 is 0 Å². The Morgan fingerprint density at radius 3 is 2.36 bits per heavy atom. The molecule has 0 saturated carbocycles. The van der Waals surface area contributed by atoms with Gasteiger partial charge in [0.1, 0.15) is 5.41 Å². The van der Waals surface area contributed by atoms with E-state index in [0.29, 0.717) is 13.1 Å². The third-order valence-corrected chi connectivity index (χ3v) is 5.60. The van der Waals surface area contributed by atoms with Crippen molar-refractivity contribution in [3.05, 3.63) is 29.8 Å². The second-order valence-electron chi connectivity index (χ2n) is 7.71. The van der Waals surface area contributed by atoms with Gasteiger partial charge in [-0.3, -0.25) is 9.59 Å². The first-order valence-electron chi connectivity index (χ1n) is 9.29. The van der Waals surface area contributed by atoms with Crippen molar-refractivity contribution < 1.29 is 9.59 Å². The lowest BCUT2D eigenvalue weighted by Crippen LogP contribution is -2.56. The fourth-order valence-electron chi connectivity index (χ4n) is 3.93. The standard InChI is InChI=1S/C20H29N3O2/c1-5-21-10-12-22(13-11-21)18(24)20(3,4)19(25)23-15(2)14-16-8-6-7-9-17(16)23/h6-9,15H,5,10-14H2,1-4H3. The first kappa shape index (κ1) is 17.9. The van der Waals surface area contributed by atoms with Gasteiger partial charge in [-0.1, -0.05) is 25.1 Å². The molecule has 0 spiro atoms. The van der Waals surface area contributed by atoms with Crippen molar-refractivity contribution in [1.29, 1.82) is 0 Å². The summed E-state index contributed by atoms with van der Waals surface area (Å²) in [6.07, 6.45) is 0.849. The van der Waals surface area contributed by atoms with E-state index in [9.17, 15) is 9.59 Å². The van der Waals surface area contributed by atoms with Gasteiger partial charge in [-0.05, 0) is 45.4 Å². The van der Waals surface area contributed by atoms with Gasteiger partial charge >= 0.3 is 0 Å². The SMILES string of the molecule is CCN1CCN(C(=O)C(C)(C)C(=O)N2c3ccccc3CC2C)CC1. The summed E-state index contributed by atoms with van der Waals surface area (Å²) in [5.74, 6) is -0.141. The van der Waals surface area contributed by atoms with Crippen LogP contribution in [0.25, 0.3) is 0 Å². The predicted octanol–water partition coefficient (Wildman–Crippen LogP) is 2.15. The summed E-state index contributed by atoms with van der Waals surface area (Å²) < 4.78 is 0. The largest absolute Gasteiger partial charge is 0.339 e. The first-order chi connectivity index (χ1) is 11.9. The topological polar surface area (TPSA) is 43.9 Å². The third kappa shape index (κ3) is 3.17. The van der Waals surface area contributed by atoms with Crippen molar-refractivity contribution in [3.63, 3.8) is 0 Å². The van der Waals surface area contributed by atoms with E-state index in [2.05, 4.69) is 24.8 Å². The van der Waals surface area contributed by atoms with E-state index in [1.54, 1.807) is 13.8 Å². The molecule has 2 aliphatic rings. The van der Waals surface area contributed by atoms with Crippen molar-refractivity contribution in [3.8, 4) is 0 Å². The summed E-state index contributed by atoms with van der Waals surface area (Å²) in [6, 6.07) is 8.10. The number of rotatable bonds is 3. The van der Waals surface area contributed by atoms with Crippen LogP contribution in [0.5, 0.6) is 0 Å². The Balaban J connectivity index is 1.78. The number of nitrogens with zero attached hydrogens (tertiary/aromatic N) is 3. The van der Waals surface area contributed by atoms with Crippen molar-refractivity contribution in [1.82, 2.24) is 9.80 Å². The second-order valence-corrected chi connectivity index (χ2v) is 7.71. The quantitative estimate of drug-likeness (QED) is 0.790. The van der Waals surface area contributed by atoms with Crippen LogP contribution in [0, 0.1) is 5.41 Å². The molecular weight excluding hydrogens is 314 g/mol. The molecular formula is C20H29N3O2. The summed E-state index contributed by atoms with van der Waals surface area (Å²) in [4.78, 5) is 32.4. The molecule has 1 aromatic carbocycles. The smallest absolute Gasteiger partial charge is 0.242 e. The van der Waals surface area contributed by atoms with E-state index in [0.717, 1.165) is 31.7 Å². The second kappa shape index (κ2) is 6.79. The zero-order valence-electron chi connectivity index (χ0n) is 15.8. The van der Waals surface area contributed by atoms with Crippen LogP contribution in [0.4, 0.5) is 5.69 Å². The molecule has 5 heteroatoms. The van der Waals surface area contributed by atoms with Gasteiger partial charge < -0.3 is 14.7 Å². The van der Waals surface area contributed by atoms with E-state index < -0.39 is 5.41 Å². The lowest BCUT2D eigenvalue weighted by molar-refractivity contribution is -0.148. The summed E-state index contributed by atoms with van der Waals surface area (Å²) >= 11 is 0. The van der Waals surface area contributed by atoms with Gasteiger partial charge in [0.05, 0.1) is 0 Å². The van der Waals surface area contributed by atoms with Crippen molar-refractivity contribution in [2.75, 3.05) is 37.6 Å². The van der Waals surface area contributed by atoms with Crippen LogP contribution in [0.2, 0.25) is 0 Å². The summed E-state index contributed by atoms with van der Waals surface area (Å²) in [5.41, 5.74) is 1.10. The number of piperazine rings is 1. The minimum Gasteiger partial charge on any atom is -0.339 e. The third-order valence-electron chi connectivity index (χ3n) is 5.60. The Morgan fingerprint density at radius 1 is 1.08 bits per heavy atom. The monoisotopic (exact) mass is 343 g/mol. The van der Waals surface area contributed by atoms with E-state index in [-0.39, 0.29) is 17.9 Å². The fourth-order valence-corrected chi connectivity index (χ4v) is 3.93. The number of para-hydroxylation sites is 1. The normalized spacial score (nSPS) is 21.4. The molecule has 0 aromatic heterocycles. The number of amides is 2. The molecule has 25 heavy (non-hydrogen) atoms.